The van der Waals surface area contributed by atoms with Gasteiger partial charge in [0, 0.05) is 12.1 Å². The van der Waals surface area contributed by atoms with E-state index < -0.39 is 17.5 Å². The van der Waals surface area contributed by atoms with E-state index in [0.29, 0.717) is 11.0 Å². The Kier molecular flexibility index (Phi) is 3.71. The van der Waals surface area contributed by atoms with Crippen molar-refractivity contribution in [1.29, 1.82) is 0 Å². The van der Waals surface area contributed by atoms with Crippen LogP contribution >= 0.6 is 44.1 Å². The quantitative estimate of drug-likeness (QED) is 0.386. The van der Waals surface area contributed by atoms with E-state index in [0.717, 1.165) is 12.1 Å². The van der Waals surface area contributed by atoms with E-state index in [-0.39, 0.29) is 19.4 Å². The van der Waals surface area contributed by atoms with Crippen molar-refractivity contribution in [2.24, 2.45) is 0 Å². The first-order chi connectivity index (χ1) is 9.88. The molecule has 0 bridgehead atoms. The monoisotopic (exact) mass is 436 g/mol. The average Bonchev–Trinajstić information content (AvgIpc) is 2.70. The molecule has 8 heteroatoms. The summed E-state index contributed by atoms with van der Waals surface area (Å²) in [5, 5.41) is 0. The van der Waals surface area contributed by atoms with Crippen molar-refractivity contribution in [3.05, 3.63) is 55.4 Å². The summed E-state index contributed by atoms with van der Waals surface area (Å²) >= 11 is 11.1. The standard InChI is InChI=1S/C13H5Br2F3N2S/c14-5-1-9(18)11(4-8(5)17)20-12-2-6(15)7(16)3-10(12)19-13(20)21/h1-4H,(H,19,21). The third kappa shape index (κ3) is 2.45. The highest BCUT2D eigenvalue weighted by Crippen LogP contribution is 2.29. The summed E-state index contributed by atoms with van der Waals surface area (Å²) in [6, 6.07) is 4.73. The van der Waals surface area contributed by atoms with E-state index in [9.17, 15) is 13.2 Å². The first-order valence-corrected chi connectivity index (χ1v) is 7.62. The third-order valence-corrected chi connectivity index (χ3v) is 4.45. The van der Waals surface area contributed by atoms with E-state index in [1.807, 2.05) is 0 Å². The fourth-order valence-electron chi connectivity index (χ4n) is 2.02. The molecule has 3 rings (SSSR count). The van der Waals surface area contributed by atoms with Gasteiger partial charge in [0.1, 0.15) is 17.5 Å². The Morgan fingerprint density at radius 2 is 1.52 bits per heavy atom. The molecule has 21 heavy (non-hydrogen) atoms. The molecule has 0 fully saturated rings. The van der Waals surface area contributed by atoms with Gasteiger partial charge >= 0.3 is 0 Å². The van der Waals surface area contributed by atoms with Crippen molar-refractivity contribution in [1.82, 2.24) is 9.55 Å². The average molecular weight is 438 g/mol. The molecule has 3 aromatic rings. The molecule has 0 saturated carbocycles. The molecule has 0 aliphatic carbocycles. The zero-order valence-corrected chi connectivity index (χ0v) is 14.0. The van der Waals surface area contributed by atoms with Gasteiger partial charge in [-0.2, -0.15) is 0 Å². The van der Waals surface area contributed by atoms with E-state index in [2.05, 4.69) is 36.8 Å². The van der Waals surface area contributed by atoms with Gasteiger partial charge in [-0.25, -0.2) is 13.2 Å². The fraction of sp³-hybridized carbons (Fsp3) is 0. The lowest BCUT2D eigenvalue weighted by Gasteiger charge is -2.08. The summed E-state index contributed by atoms with van der Waals surface area (Å²) in [6.45, 7) is 0. The summed E-state index contributed by atoms with van der Waals surface area (Å²) in [5.41, 5.74) is 0.780. The molecule has 0 spiro atoms. The molecule has 108 valence electrons. The Labute approximate surface area is 138 Å². The number of hydrogen-bond acceptors (Lipinski definition) is 1. The number of nitrogens with one attached hydrogen (secondary N) is 1. The summed E-state index contributed by atoms with van der Waals surface area (Å²) in [6.07, 6.45) is 0. The zero-order valence-electron chi connectivity index (χ0n) is 10.1. The molecule has 0 radical (unpaired) electrons. The van der Waals surface area contributed by atoms with Gasteiger partial charge in [-0.1, -0.05) is 0 Å². The minimum absolute atomic E-state index is 0.0161. The maximum Gasteiger partial charge on any atom is 0.182 e. The molecule has 2 nitrogen and oxygen atoms in total. The lowest BCUT2D eigenvalue weighted by atomic mass is 10.2. The molecule has 0 unspecified atom stereocenters. The van der Waals surface area contributed by atoms with Crippen LogP contribution in [0, 0.1) is 22.2 Å². The molecular formula is C13H5Br2F3N2S. The predicted molar refractivity (Wildman–Crippen MR) is 83.7 cm³/mol. The highest BCUT2D eigenvalue weighted by atomic mass is 79.9. The van der Waals surface area contributed by atoms with Gasteiger partial charge in [0.05, 0.1) is 25.7 Å². The minimum atomic E-state index is -0.652. The van der Waals surface area contributed by atoms with Crippen LogP contribution in [0.15, 0.2) is 33.2 Å². The number of aromatic amines is 1. The minimum Gasteiger partial charge on any atom is -0.330 e. The van der Waals surface area contributed by atoms with Crippen molar-refractivity contribution >= 4 is 55.1 Å². The second-order valence-corrected chi connectivity index (χ2v) is 6.36. The Morgan fingerprint density at radius 1 is 0.905 bits per heavy atom. The van der Waals surface area contributed by atoms with Crippen LogP contribution in [0.2, 0.25) is 0 Å². The lowest BCUT2D eigenvalue weighted by Crippen LogP contribution is -1.99. The Hall–Kier alpha value is -1.12. The number of nitrogens with zero attached hydrogens (tertiary/aromatic N) is 1. The molecule has 2 aromatic carbocycles. The first kappa shape index (κ1) is 14.8. The van der Waals surface area contributed by atoms with Gasteiger partial charge in [0.25, 0.3) is 0 Å². The van der Waals surface area contributed by atoms with Gasteiger partial charge < -0.3 is 4.98 Å². The topological polar surface area (TPSA) is 20.7 Å². The molecular weight excluding hydrogens is 433 g/mol. The van der Waals surface area contributed by atoms with Crippen molar-refractivity contribution in [3.8, 4) is 5.69 Å². The van der Waals surface area contributed by atoms with Gasteiger partial charge in [0.2, 0.25) is 0 Å². The molecule has 0 amide bonds. The van der Waals surface area contributed by atoms with Crippen LogP contribution in [0.1, 0.15) is 0 Å². The van der Waals surface area contributed by atoms with Crippen molar-refractivity contribution in [3.63, 3.8) is 0 Å². The molecule has 1 aromatic heterocycles. The second kappa shape index (κ2) is 5.26. The van der Waals surface area contributed by atoms with Crippen molar-refractivity contribution < 1.29 is 13.2 Å². The lowest BCUT2D eigenvalue weighted by molar-refractivity contribution is 0.588. The van der Waals surface area contributed by atoms with Crippen molar-refractivity contribution in [2.45, 2.75) is 0 Å². The van der Waals surface area contributed by atoms with E-state index in [1.54, 1.807) is 0 Å². The summed E-state index contributed by atoms with van der Waals surface area (Å²) in [7, 11) is 0. The second-order valence-electron chi connectivity index (χ2n) is 4.27. The number of imidazole rings is 1. The molecule has 0 atom stereocenters. The van der Waals surface area contributed by atoms with Crippen molar-refractivity contribution in [2.75, 3.05) is 0 Å². The highest BCUT2D eigenvalue weighted by Gasteiger charge is 2.15. The SMILES string of the molecule is Fc1cc(-n2c(=S)[nH]c3cc(F)c(Br)cc32)c(F)cc1Br. The smallest absolute Gasteiger partial charge is 0.182 e. The Morgan fingerprint density at radius 3 is 2.24 bits per heavy atom. The Balaban J connectivity index is 2.40. The van der Waals surface area contributed by atoms with Crippen LogP contribution in [0.4, 0.5) is 13.2 Å². The van der Waals surface area contributed by atoms with Gasteiger partial charge in [-0.05, 0) is 56.2 Å². The number of fused-ring (bicyclic) bond motifs is 1. The largest absolute Gasteiger partial charge is 0.330 e. The van der Waals surface area contributed by atoms with Gasteiger partial charge in [0.15, 0.2) is 4.77 Å². The maximum absolute atomic E-state index is 14.1. The Bertz CT molecular complexity index is 933. The molecule has 1 N–H and O–H groups in total. The van der Waals surface area contributed by atoms with Gasteiger partial charge in [-0.3, -0.25) is 4.57 Å². The summed E-state index contributed by atoms with van der Waals surface area (Å²) in [5.74, 6) is -1.75. The van der Waals surface area contributed by atoms with Crippen LogP contribution in [-0.2, 0) is 0 Å². The maximum atomic E-state index is 14.1. The van der Waals surface area contributed by atoms with E-state index in [4.69, 9.17) is 12.2 Å². The normalized spacial score (nSPS) is 11.3. The van der Waals surface area contributed by atoms with Gasteiger partial charge in [-0.15, -0.1) is 0 Å². The van der Waals surface area contributed by atoms with E-state index >= 15 is 0 Å². The molecule has 0 aliphatic rings. The number of H-pyrrole nitrogens is 1. The zero-order chi connectivity index (χ0) is 15.3. The highest BCUT2D eigenvalue weighted by molar-refractivity contribution is 9.10. The molecule has 0 aliphatic heterocycles. The fourth-order valence-corrected chi connectivity index (χ4v) is 2.98. The number of benzene rings is 2. The first-order valence-electron chi connectivity index (χ1n) is 5.63. The van der Waals surface area contributed by atoms with E-state index in [1.165, 1.54) is 16.7 Å². The summed E-state index contributed by atoms with van der Waals surface area (Å²) < 4.78 is 43.0. The van der Waals surface area contributed by atoms with Crippen LogP contribution in [-0.4, -0.2) is 9.55 Å². The summed E-state index contributed by atoms with van der Waals surface area (Å²) in [4.78, 5) is 2.77. The van der Waals surface area contributed by atoms with Crippen LogP contribution in [0.25, 0.3) is 16.7 Å². The molecule has 1 heterocycles. The van der Waals surface area contributed by atoms with Crippen LogP contribution in [0.5, 0.6) is 0 Å². The number of aromatic nitrogens is 2. The predicted octanol–water partition coefficient (Wildman–Crippen LogP) is 5.63. The van der Waals surface area contributed by atoms with Crippen LogP contribution in [0.3, 0.4) is 0 Å². The third-order valence-electron chi connectivity index (χ3n) is 2.95. The van der Waals surface area contributed by atoms with Crippen LogP contribution < -0.4 is 0 Å². The molecule has 0 saturated heterocycles. The number of rotatable bonds is 1. The number of halogens is 5. The number of hydrogen-bond donors (Lipinski definition) is 1.